The highest BCUT2D eigenvalue weighted by molar-refractivity contribution is 5.99. The van der Waals surface area contributed by atoms with Gasteiger partial charge in [0.25, 0.3) is 0 Å². The zero-order valence-electron chi connectivity index (χ0n) is 6.39. The highest BCUT2D eigenvalue weighted by Gasteiger charge is 1.90. The molecule has 0 aliphatic carbocycles. The number of aliphatic imine (C=N–C) groups is 1. The van der Waals surface area contributed by atoms with Crippen molar-refractivity contribution in [3.05, 3.63) is 11.6 Å². The summed E-state index contributed by atoms with van der Waals surface area (Å²) in [6.07, 6.45) is 3.87. The zero-order chi connectivity index (χ0) is 7.98. The molecule has 0 aromatic heterocycles. The van der Waals surface area contributed by atoms with E-state index in [2.05, 4.69) is 4.99 Å². The topological polar surface area (TPSA) is 62.2 Å². The third kappa shape index (κ3) is 3.02. The van der Waals surface area contributed by atoms with E-state index in [0.717, 1.165) is 18.3 Å². The van der Waals surface area contributed by atoms with Gasteiger partial charge in [-0.15, -0.1) is 0 Å². The van der Waals surface area contributed by atoms with E-state index in [1.54, 1.807) is 0 Å². The second-order valence-corrected chi connectivity index (χ2v) is 1.94. The molecule has 0 saturated heterocycles. The molecule has 0 amide bonds. The lowest BCUT2D eigenvalue weighted by Gasteiger charge is -1.95. The fraction of sp³-hybridized carbons (Fsp3) is 0.429. The number of hydrogen-bond acceptors (Lipinski definition) is 1. The molecule has 0 atom stereocenters. The fourth-order valence-electron chi connectivity index (χ4n) is 0.582. The SMILES string of the molecule is CCC=C(C)C(N)=NC=N. The molecule has 0 aliphatic heterocycles. The average molecular weight is 139 g/mol. The molecule has 0 bridgehead atoms. The first kappa shape index (κ1) is 8.88. The van der Waals surface area contributed by atoms with Crippen LogP contribution in [-0.2, 0) is 0 Å². The van der Waals surface area contributed by atoms with Crippen molar-refractivity contribution in [3.8, 4) is 0 Å². The van der Waals surface area contributed by atoms with Gasteiger partial charge in [0, 0.05) is 0 Å². The summed E-state index contributed by atoms with van der Waals surface area (Å²) in [6, 6.07) is 0. The van der Waals surface area contributed by atoms with Crippen molar-refractivity contribution in [2.24, 2.45) is 10.7 Å². The maximum absolute atomic E-state index is 6.64. The summed E-state index contributed by atoms with van der Waals surface area (Å²) >= 11 is 0. The summed E-state index contributed by atoms with van der Waals surface area (Å²) in [4.78, 5) is 3.61. The van der Waals surface area contributed by atoms with Gasteiger partial charge in [-0.2, -0.15) is 0 Å². The molecule has 0 aromatic carbocycles. The van der Waals surface area contributed by atoms with Crippen LogP contribution in [0.3, 0.4) is 0 Å². The number of nitrogens with two attached hydrogens (primary N) is 1. The molecule has 10 heavy (non-hydrogen) atoms. The van der Waals surface area contributed by atoms with E-state index in [9.17, 15) is 0 Å². The first-order valence-corrected chi connectivity index (χ1v) is 3.21. The Morgan fingerprint density at radius 1 is 1.70 bits per heavy atom. The first-order chi connectivity index (χ1) is 4.72. The zero-order valence-corrected chi connectivity index (χ0v) is 6.39. The number of allylic oxidation sites excluding steroid dienone is 1. The largest absolute Gasteiger partial charge is 0.383 e. The molecule has 0 spiro atoms. The van der Waals surface area contributed by atoms with Crippen LogP contribution in [0.4, 0.5) is 0 Å². The molecule has 0 heterocycles. The predicted octanol–water partition coefficient (Wildman–Crippen LogP) is 1.31. The van der Waals surface area contributed by atoms with Crippen LogP contribution >= 0.6 is 0 Å². The molecule has 3 heteroatoms. The maximum atomic E-state index is 6.64. The van der Waals surface area contributed by atoms with Gasteiger partial charge in [-0.3, -0.25) is 5.41 Å². The van der Waals surface area contributed by atoms with E-state index in [0.29, 0.717) is 5.84 Å². The molecule has 0 aliphatic rings. The Labute approximate surface area is 61.2 Å². The third-order valence-electron chi connectivity index (χ3n) is 1.12. The molecule has 0 aromatic rings. The molecule has 0 unspecified atom stereocenters. The van der Waals surface area contributed by atoms with Crippen molar-refractivity contribution < 1.29 is 0 Å². The molecule has 0 saturated carbocycles. The number of hydrogen-bond donors (Lipinski definition) is 2. The van der Waals surface area contributed by atoms with E-state index in [1.807, 2.05) is 19.9 Å². The van der Waals surface area contributed by atoms with Crippen molar-refractivity contribution in [2.75, 3.05) is 0 Å². The summed E-state index contributed by atoms with van der Waals surface area (Å²) in [5.41, 5.74) is 6.38. The summed E-state index contributed by atoms with van der Waals surface area (Å²) in [7, 11) is 0. The monoisotopic (exact) mass is 139 g/mol. The van der Waals surface area contributed by atoms with Gasteiger partial charge in [-0.25, -0.2) is 4.99 Å². The number of rotatable bonds is 3. The van der Waals surface area contributed by atoms with Crippen molar-refractivity contribution in [3.63, 3.8) is 0 Å². The third-order valence-corrected chi connectivity index (χ3v) is 1.12. The highest BCUT2D eigenvalue weighted by atomic mass is 14.9. The van der Waals surface area contributed by atoms with Crippen LogP contribution in [0.5, 0.6) is 0 Å². The molecular formula is C7H13N3. The molecule has 0 fully saturated rings. The lowest BCUT2D eigenvalue weighted by Crippen LogP contribution is -2.12. The summed E-state index contributed by atoms with van der Waals surface area (Å²) in [5, 5.41) is 6.64. The Hall–Kier alpha value is -1.12. The van der Waals surface area contributed by atoms with Crippen molar-refractivity contribution in [1.82, 2.24) is 0 Å². The van der Waals surface area contributed by atoms with Gasteiger partial charge in [0.05, 0.1) is 0 Å². The van der Waals surface area contributed by atoms with Crippen LogP contribution in [0.2, 0.25) is 0 Å². The molecule has 3 nitrogen and oxygen atoms in total. The van der Waals surface area contributed by atoms with E-state index in [1.165, 1.54) is 0 Å². The fourth-order valence-corrected chi connectivity index (χ4v) is 0.582. The van der Waals surface area contributed by atoms with Gasteiger partial charge >= 0.3 is 0 Å². The summed E-state index contributed by atoms with van der Waals surface area (Å²) in [6.45, 7) is 3.91. The average Bonchev–Trinajstić information content (AvgIpc) is 1.89. The van der Waals surface area contributed by atoms with Crippen LogP contribution in [0.1, 0.15) is 20.3 Å². The summed E-state index contributed by atoms with van der Waals surface area (Å²) in [5.74, 6) is 0.428. The molecule has 0 rings (SSSR count). The molecule has 3 N–H and O–H groups in total. The Morgan fingerprint density at radius 2 is 2.30 bits per heavy atom. The number of amidine groups is 1. The lowest BCUT2D eigenvalue weighted by molar-refractivity contribution is 1.20. The van der Waals surface area contributed by atoms with Crippen LogP contribution in [0, 0.1) is 5.41 Å². The normalized spacial score (nSPS) is 13.4. The highest BCUT2D eigenvalue weighted by Crippen LogP contribution is 1.93. The van der Waals surface area contributed by atoms with Crippen molar-refractivity contribution in [2.45, 2.75) is 20.3 Å². The Kier molecular flexibility index (Phi) is 4.20. The second-order valence-electron chi connectivity index (χ2n) is 1.94. The van der Waals surface area contributed by atoms with Crippen molar-refractivity contribution >= 4 is 12.2 Å². The predicted molar refractivity (Wildman–Crippen MR) is 44.5 cm³/mol. The van der Waals surface area contributed by atoms with E-state index < -0.39 is 0 Å². The van der Waals surface area contributed by atoms with Gasteiger partial charge in [0.15, 0.2) is 0 Å². The Morgan fingerprint density at radius 3 is 2.70 bits per heavy atom. The van der Waals surface area contributed by atoms with E-state index in [-0.39, 0.29) is 0 Å². The van der Waals surface area contributed by atoms with E-state index in [4.69, 9.17) is 11.1 Å². The molecule has 0 radical (unpaired) electrons. The molecular weight excluding hydrogens is 126 g/mol. The minimum absolute atomic E-state index is 0.428. The van der Waals surface area contributed by atoms with Gasteiger partial charge in [-0.1, -0.05) is 13.0 Å². The smallest absolute Gasteiger partial charge is 0.127 e. The standard InChI is InChI=1S/C7H13N3/c1-3-4-6(2)7(9)10-5-8/h4-5H,3H2,1-2H3,(H3,8,9,10). The van der Waals surface area contributed by atoms with Gasteiger partial charge in [0.2, 0.25) is 0 Å². The van der Waals surface area contributed by atoms with Crippen LogP contribution in [0.15, 0.2) is 16.6 Å². The van der Waals surface area contributed by atoms with E-state index >= 15 is 0 Å². The summed E-state index contributed by atoms with van der Waals surface area (Å²) < 4.78 is 0. The van der Waals surface area contributed by atoms with Gasteiger partial charge in [-0.05, 0) is 18.9 Å². The minimum atomic E-state index is 0.428. The van der Waals surface area contributed by atoms with Gasteiger partial charge in [0.1, 0.15) is 12.2 Å². The Balaban J connectivity index is 4.19. The maximum Gasteiger partial charge on any atom is 0.127 e. The van der Waals surface area contributed by atoms with Crippen LogP contribution in [-0.4, -0.2) is 12.2 Å². The number of nitrogens with zero attached hydrogens (tertiary/aromatic N) is 1. The van der Waals surface area contributed by atoms with Crippen LogP contribution < -0.4 is 5.73 Å². The minimum Gasteiger partial charge on any atom is -0.383 e. The Bertz CT molecular complexity index is 168. The van der Waals surface area contributed by atoms with Gasteiger partial charge < -0.3 is 5.73 Å². The molecule has 56 valence electrons. The quantitative estimate of drug-likeness (QED) is 0.449. The van der Waals surface area contributed by atoms with Crippen LogP contribution in [0.25, 0.3) is 0 Å². The lowest BCUT2D eigenvalue weighted by atomic mass is 10.2. The second kappa shape index (κ2) is 4.73. The van der Waals surface area contributed by atoms with Crippen molar-refractivity contribution in [1.29, 1.82) is 5.41 Å². The first-order valence-electron chi connectivity index (χ1n) is 3.21. The number of nitrogens with one attached hydrogen (secondary N) is 1.